The second-order valence-electron chi connectivity index (χ2n) is 8.51. The van der Waals surface area contributed by atoms with Gasteiger partial charge >= 0.3 is 0 Å². The highest BCUT2D eigenvalue weighted by Crippen LogP contribution is 2.21. The molecule has 0 radical (unpaired) electrons. The quantitative estimate of drug-likeness (QED) is 0.798. The first-order valence-electron chi connectivity index (χ1n) is 11.1. The van der Waals surface area contributed by atoms with Crippen molar-refractivity contribution in [2.45, 2.75) is 52.5 Å². The predicted octanol–water partition coefficient (Wildman–Crippen LogP) is 2.65. The van der Waals surface area contributed by atoms with Crippen molar-refractivity contribution in [3.05, 3.63) is 29.3 Å². The first-order chi connectivity index (χ1) is 14.0. The summed E-state index contributed by atoms with van der Waals surface area (Å²) in [5.74, 6) is 0.309. The van der Waals surface area contributed by atoms with Crippen molar-refractivity contribution in [1.82, 2.24) is 14.7 Å². The molecule has 2 aliphatic rings. The molecule has 2 saturated heterocycles. The summed E-state index contributed by atoms with van der Waals surface area (Å²) in [5.41, 5.74) is 3.10. The van der Waals surface area contributed by atoms with Gasteiger partial charge in [0.2, 0.25) is 11.8 Å². The van der Waals surface area contributed by atoms with Crippen LogP contribution in [0.3, 0.4) is 0 Å². The van der Waals surface area contributed by atoms with Gasteiger partial charge in [-0.3, -0.25) is 19.4 Å². The number of nitrogens with one attached hydrogen (secondary N) is 1. The molecule has 160 valence electrons. The molecule has 2 heterocycles. The van der Waals surface area contributed by atoms with E-state index in [1.54, 1.807) is 0 Å². The molecule has 3 rings (SSSR count). The van der Waals surface area contributed by atoms with Crippen molar-refractivity contribution < 1.29 is 9.59 Å². The number of rotatable bonds is 6. The van der Waals surface area contributed by atoms with E-state index in [4.69, 9.17) is 0 Å². The highest BCUT2D eigenvalue weighted by molar-refractivity contribution is 5.93. The molecule has 1 atom stereocenters. The summed E-state index contributed by atoms with van der Waals surface area (Å²) in [6.45, 7) is 11.4. The van der Waals surface area contributed by atoms with E-state index in [2.05, 4.69) is 26.9 Å². The third-order valence-corrected chi connectivity index (χ3v) is 6.36. The summed E-state index contributed by atoms with van der Waals surface area (Å²) < 4.78 is 0. The number of likely N-dealkylation sites (tertiary alicyclic amines) is 1. The number of piperazine rings is 1. The summed E-state index contributed by atoms with van der Waals surface area (Å²) in [5, 5.41) is 3.07. The molecule has 2 amide bonds. The first kappa shape index (κ1) is 21.8. The average molecular weight is 401 g/mol. The molecule has 2 aliphatic heterocycles. The highest BCUT2D eigenvalue weighted by atomic mass is 16.2. The molecule has 2 fully saturated rings. The van der Waals surface area contributed by atoms with E-state index in [0.29, 0.717) is 19.1 Å². The Kier molecular flexibility index (Phi) is 7.67. The Balaban J connectivity index is 1.43. The summed E-state index contributed by atoms with van der Waals surface area (Å²) in [6, 6.07) is 6.47. The Morgan fingerprint density at radius 1 is 0.966 bits per heavy atom. The minimum Gasteiger partial charge on any atom is -0.339 e. The smallest absolute Gasteiger partial charge is 0.238 e. The van der Waals surface area contributed by atoms with Gasteiger partial charge in [0.05, 0.1) is 13.1 Å². The molecule has 6 heteroatoms. The maximum Gasteiger partial charge on any atom is 0.238 e. The topological polar surface area (TPSA) is 55.9 Å². The third kappa shape index (κ3) is 5.80. The summed E-state index contributed by atoms with van der Waals surface area (Å²) in [6.07, 6.45) is 4.57. The van der Waals surface area contributed by atoms with Crippen LogP contribution in [0.15, 0.2) is 18.2 Å². The number of carbonyl (C=O) groups is 2. The molecule has 1 N–H and O–H groups in total. The van der Waals surface area contributed by atoms with Crippen molar-refractivity contribution in [1.29, 1.82) is 0 Å². The lowest BCUT2D eigenvalue weighted by molar-refractivity contribution is -0.136. The molecule has 6 nitrogen and oxygen atoms in total. The van der Waals surface area contributed by atoms with Gasteiger partial charge in [-0.25, -0.2) is 0 Å². The molecule has 0 saturated carbocycles. The van der Waals surface area contributed by atoms with Crippen LogP contribution in [0.5, 0.6) is 0 Å². The van der Waals surface area contributed by atoms with E-state index in [1.165, 1.54) is 6.42 Å². The van der Waals surface area contributed by atoms with Crippen LogP contribution in [-0.4, -0.2) is 78.4 Å². The molecular formula is C23H36N4O2. The minimum atomic E-state index is 0.0334. The van der Waals surface area contributed by atoms with Crippen molar-refractivity contribution >= 4 is 17.5 Å². The summed E-state index contributed by atoms with van der Waals surface area (Å²) in [4.78, 5) is 31.8. The second kappa shape index (κ2) is 10.2. The van der Waals surface area contributed by atoms with E-state index in [1.807, 2.05) is 32.0 Å². The van der Waals surface area contributed by atoms with Gasteiger partial charge in [0.15, 0.2) is 0 Å². The summed E-state index contributed by atoms with van der Waals surface area (Å²) in [7, 11) is 0. The fourth-order valence-electron chi connectivity index (χ4n) is 4.53. The van der Waals surface area contributed by atoms with Gasteiger partial charge in [-0.1, -0.05) is 25.1 Å². The van der Waals surface area contributed by atoms with Crippen LogP contribution in [0.4, 0.5) is 5.69 Å². The molecule has 0 aromatic heterocycles. The normalized spacial score (nSPS) is 21.2. The van der Waals surface area contributed by atoms with E-state index in [9.17, 15) is 9.59 Å². The van der Waals surface area contributed by atoms with E-state index >= 15 is 0 Å². The Labute approximate surface area is 175 Å². The van der Waals surface area contributed by atoms with Crippen molar-refractivity contribution in [3.8, 4) is 0 Å². The van der Waals surface area contributed by atoms with Gasteiger partial charge in [-0.2, -0.15) is 0 Å². The number of hydrogen-bond acceptors (Lipinski definition) is 4. The maximum atomic E-state index is 12.8. The number of piperidine rings is 1. The average Bonchev–Trinajstić information content (AvgIpc) is 2.72. The van der Waals surface area contributed by atoms with Crippen LogP contribution in [0.2, 0.25) is 0 Å². The van der Waals surface area contributed by atoms with Gasteiger partial charge in [-0.05, 0) is 50.7 Å². The van der Waals surface area contributed by atoms with Crippen LogP contribution >= 0.6 is 0 Å². The number of para-hydroxylation sites is 1. The molecule has 1 aromatic rings. The number of anilines is 1. The van der Waals surface area contributed by atoms with Crippen LogP contribution in [0.25, 0.3) is 0 Å². The van der Waals surface area contributed by atoms with Gasteiger partial charge < -0.3 is 10.2 Å². The molecule has 1 unspecified atom stereocenters. The predicted molar refractivity (Wildman–Crippen MR) is 117 cm³/mol. The van der Waals surface area contributed by atoms with Crippen LogP contribution in [-0.2, 0) is 9.59 Å². The van der Waals surface area contributed by atoms with Gasteiger partial charge in [0.1, 0.15) is 0 Å². The molecule has 0 bridgehead atoms. The van der Waals surface area contributed by atoms with Gasteiger partial charge in [0.25, 0.3) is 0 Å². The zero-order valence-electron chi connectivity index (χ0n) is 18.2. The van der Waals surface area contributed by atoms with E-state index in [0.717, 1.165) is 68.8 Å². The summed E-state index contributed by atoms with van der Waals surface area (Å²) >= 11 is 0. The molecule has 1 aromatic carbocycles. The van der Waals surface area contributed by atoms with Crippen molar-refractivity contribution in [3.63, 3.8) is 0 Å². The first-order valence-corrected chi connectivity index (χ1v) is 11.1. The molecule has 0 aliphatic carbocycles. The zero-order chi connectivity index (χ0) is 20.8. The standard InChI is InChI=1S/C23H36N4O2/c1-4-20-10-5-6-11-27(20)22(29)17-26-14-12-25(13-15-26)16-21(28)24-23-18(2)8-7-9-19(23)3/h7-9,20H,4-6,10-17H2,1-3H3,(H,24,28). The lowest BCUT2D eigenvalue weighted by atomic mass is 10.00. The van der Waals surface area contributed by atoms with Gasteiger partial charge in [-0.15, -0.1) is 0 Å². The minimum absolute atomic E-state index is 0.0334. The Morgan fingerprint density at radius 2 is 1.59 bits per heavy atom. The second-order valence-corrected chi connectivity index (χ2v) is 8.51. The van der Waals surface area contributed by atoms with Crippen molar-refractivity contribution in [2.75, 3.05) is 51.1 Å². The maximum absolute atomic E-state index is 12.8. The fourth-order valence-corrected chi connectivity index (χ4v) is 4.53. The molecule has 0 spiro atoms. The SMILES string of the molecule is CCC1CCCCN1C(=O)CN1CCN(CC(=O)Nc2c(C)cccc2C)CC1. The van der Waals surface area contributed by atoms with Gasteiger partial charge in [0, 0.05) is 44.5 Å². The van der Waals surface area contributed by atoms with Crippen LogP contribution < -0.4 is 5.32 Å². The fraction of sp³-hybridized carbons (Fsp3) is 0.652. The largest absolute Gasteiger partial charge is 0.339 e. The third-order valence-electron chi connectivity index (χ3n) is 6.36. The van der Waals surface area contributed by atoms with E-state index in [-0.39, 0.29) is 11.8 Å². The Morgan fingerprint density at radius 3 is 2.21 bits per heavy atom. The molecular weight excluding hydrogens is 364 g/mol. The lowest BCUT2D eigenvalue weighted by Crippen LogP contribution is -2.53. The Bertz CT molecular complexity index is 693. The highest BCUT2D eigenvalue weighted by Gasteiger charge is 2.28. The number of nitrogens with zero attached hydrogens (tertiary/aromatic N) is 3. The number of benzene rings is 1. The molecule has 29 heavy (non-hydrogen) atoms. The van der Waals surface area contributed by atoms with E-state index < -0.39 is 0 Å². The van der Waals surface area contributed by atoms with Crippen molar-refractivity contribution in [2.24, 2.45) is 0 Å². The number of aryl methyl sites for hydroxylation is 2. The monoisotopic (exact) mass is 400 g/mol. The van der Waals surface area contributed by atoms with Crippen LogP contribution in [0.1, 0.15) is 43.7 Å². The lowest BCUT2D eigenvalue weighted by Gasteiger charge is -2.38. The zero-order valence-corrected chi connectivity index (χ0v) is 18.2. The Hall–Kier alpha value is -1.92. The number of amides is 2. The number of hydrogen-bond donors (Lipinski definition) is 1. The van der Waals surface area contributed by atoms with Crippen LogP contribution in [0, 0.1) is 13.8 Å². The number of carbonyl (C=O) groups excluding carboxylic acids is 2.